The Hall–Kier alpha value is -3.85. The second-order valence-electron chi connectivity index (χ2n) is 11.6. The molecule has 1 aromatic heterocycles. The summed E-state index contributed by atoms with van der Waals surface area (Å²) >= 11 is 0. The summed E-state index contributed by atoms with van der Waals surface area (Å²) in [6.07, 6.45) is 4.43. The fraction of sp³-hybridized carbons (Fsp3) is 0.424. The van der Waals surface area contributed by atoms with Crippen molar-refractivity contribution in [3.05, 3.63) is 76.5 Å². The number of hydrogen-bond donors (Lipinski definition) is 0. The van der Waals surface area contributed by atoms with E-state index < -0.39 is 0 Å². The first-order valence-corrected chi connectivity index (χ1v) is 13.9. The maximum atomic E-state index is 12.1. The molecule has 2 fully saturated rings. The monoisotopic (exact) mass is 522 g/mol. The Balaban J connectivity index is 1.11. The van der Waals surface area contributed by atoms with Gasteiger partial charge < -0.3 is 14.2 Å². The molecule has 0 spiro atoms. The second kappa shape index (κ2) is 9.72. The van der Waals surface area contributed by atoms with Gasteiger partial charge in [-0.25, -0.2) is 4.98 Å². The van der Waals surface area contributed by atoms with Gasteiger partial charge in [-0.3, -0.25) is 4.79 Å². The average molecular weight is 523 g/mol. The summed E-state index contributed by atoms with van der Waals surface area (Å²) in [6.45, 7) is 8.93. The van der Waals surface area contributed by atoms with Crippen LogP contribution >= 0.6 is 0 Å². The molecule has 0 bridgehead atoms. The zero-order chi connectivity index (χ0) is 27.3. The number of pyridine rings is 1. The molecule has 0 N–H and O–H groups in total. The van der Waals surface area contributed by atoms with Gasteiger partial charge in [-0.1, -0.05) is 18.2 Å². The van der Waals surface area contributed by atoms with Crippen molar-refractivity contribution in [1.29, 1.82) is 5.26 Å². The minimum absolute atomic E-state index is 0.00104. The van der Waals surface area contributed by atoms with Gasteiger partial charge in [-0.15, -0.1) is 0 Å². The van der Waals surface area contributed by atoms with E-state index in [9.17, 15) is 10.1 Å². The highest BCUT2D eigenvalue weighted by molar-refractivity contribution is 5.79. The Morgan fingerprint density at radius 2 is 1.92 bits per heavy atom. The van der Waals surface area contributed by atoms with E-state index in [0.29, 0.717) is 25.0 Å². The van der Waals surface area contributed by atoms with Crippen molar-refractivity contribution in [2.75, 3.05) is 6.61 Å². The Kier molecular flexibility index (Phi) is 6.33. The molecule has 200 valence electrons. The maximum Gasteiger partial charge on any atom is 0.309 e. The van der Waals surface area contributed by atoms with Gasteiger partial charge in [0, 0.05) is 31.0 Å². The molecule has 0 amide bonds. The predicted molar refractivity (Wildman–Crippen MR) is 147 cm³/mol. The lowest BCUT2D eigenvalue weighted by Gasteiger charge is -2.39. The number of fused-ring (bicyclic) bond motifs is 3. The molecule has 1 heterocycles. The number of ether oxygens (including phenoxy) is 3. The van der Waals surface area contributed by atoms with Crippen LogP contribution in [0, 0.1) is 42.4 Å². The van der Waals surface area contributed by atoms with Gasteiger partial charge in [0.2, 0.25) is 5.88 Å². The number of aryl methyl sites for hydroxylation is 2. The molecule has 6 rings (SSSR count). The fourth-order valence-electron chi connectivity index (χ4n) is 6.64. The molecule has 3 aliphatic rings. The first kappa shape index (κ1) is 25.4. The lowest BCUT2D eigenvalue weighted by Crippen LogP contribution is -2.41. The van der Waals surface area contributed by atoms with Crippen molar-refractivity contribution in [2.24, 2.45) is 17.3 Å². The SMILES string of the molecule is CCOC(=O)[C@@H]1C2c3cnc(OCc4cccc(-c5c(C)cc(OC6CC(C)(C#N)C6)cc5C)c4)cc3C[C@H]21. The second-order valence-corrected chi connectivity index (χ2v) is 11.6. The van der Waals surface area contributed by atoms with Gasteiger partial charge in [0.15, 0.2) is 0 Å². The van der Waals surface area contributed by atoms with E-state index in [2.05, 4.69) is 61.3 Å². The summed E-state index contributed by atoms with van der Waals surface area (Å²) < 4.78 is 17.5. The van der Waals surface area contributed by atoms with Gasteiger partial charge >= 0.3 is 5.97 Å². The standard InChI is InChI=1S/C33H34N2O4/c1-5-37-32(36)31-26-12-23-13-28(35-16-27(23)30(26)31)38-17-21-7-6-8-22(11-21)29-19(2)9-24(10-20(29)3)39-25-14-33(4,15-25)18-34/h6-11,13,16,25-26,30-31H,5,12,14-15,17H2,1-4H3/t25?,26-,30?,31+,33?/m1/s1. The number of esters is 1. The zero-order valence-electron chi connectivity index (χ0n) is 23.0. The van der Waals surface area contributed by atoms with Crippen molar-refractivity contribution in [3.8, 4) is 28.8 Å². The van der Waals surface area contributed by atoms with E-state index in [1.807, 2.05) is 26.1 Å². The van der Waals surface area contributed by atoms with Crippen LogP contribution in [0.5, 0.6) is 11.6 Å². The smallest absolute Gasteiger partial charge is 0.309 e. The molecule has 1 unspecified atom stereocenters. The number of nitrogens with zero attached hydrogens (tertiary/aromatic N) is 2. The molecular weight excluding hydrogens is 488 g/mol. The highest BCUT2D eigenvalue weighted by Gasteiger charge is 2.60. The highest BCUT2D eigenvalue weighted by Crippen LogP contribution is 2.61. The molecule has 6 nitrogen and oxygen atoms in total. The number of hydrogen-bond acceptors (Lipinski definition) is 6. The van der Waals surface area contributed by atoms with E-state index in [0.717, 1.165) is 47.3 Å². The summed E-state index contributed by atoms with van der Waals surface area (Å²) in [4.78, 5) is 16.7. The maximum absolute atomic E-state index is 12.1. The summed E-state index contributed by atoms with van der Waals surface area (Å²) in [5.74, 6) is 2.01. The molecule has 0 saturated heterocycles. The van der Waals surface area contributed by atoms with E-state index in [-0.39, 0.29) is 29.3 Å². The van der Waals surface area contributed by atoms with E-state index in [1.54, 1.807) is 0 Å². The highest BCUT2D eigenvalue weighted by atomic mass is 16.5. The summed E-state index contributed by atoms with van der Waals surface area (Å²) in [5, 5.41) is 9.26. The normalized spacial score (nSPS) is 26.0. The minimum atomic E-state index is -0.250. The van der Waals surface area contributed by atoms with E-state index >= 15 is 0 Å². The van der Waals surface area contributed by atoms with Crippen molar-refractivity contribution in [2.45, 2.75) is 65.6 Å². The number of benzene rings is 2. The van der Waals surface area contributed by atoms with Gasteiger partial charge in [0.05, 0.1) is 24.0 Å². The molecule has 2 aromatic carbocycles. The predicted octanol–water partition coefficient (Wildman–Crippen LogP) is 6.46. The molecular formula is C33H34N2O4. The fourth-order valence-corrected chi connectivity index (χ4v) is 6.64. The first-order chi connectivity index (χ1) is 18.8. The van der Waals surface area contributed by atoms with E-state index in [1.165, 1.54) is 16.7 Å². The Bertz CT molecular complexity index is 1460. The topological polar surface area (TPSA) is 81.4 Å². The van der Waals surface area contributed by atoms with Crippen LogP contribution in [0.1, 0.15) is 60.4 Å². The van der Waals surface area contributed by atoms with Crippen LogP contribution in [-0.4, -0.2) is 23.7 Å². The summed E-state index contributed by atoms with van der Waals surface area (Å²) in [5.41, 5.74) is 7.88. The largest absolute Gasteiger partial charge is 0.490 e. The third-order valence-corrected chi connectivity index (χ3v) is 8.58. The molecule has 3 aromatic rings. The van der Waals surface area contributed by atoms with Crippen molar-refractivity contribution in [3.63, 3.8) is 0 Å². The lowest BCUT2D eigenvalue weighted by molar-refractivity contribution is -0.145. The third-order valence-electron chi connectivity index (χ3n) is 8.58. The van der Waals surface area contributed by atoms with Crippen LogP contribution in [0.3, 0.4) is 0 Å². The summed E-state index contributed by atoms with van der Waals surface area (Å²) in [7, 11) is 0. The lowest BCUT2D eigenvalue weighted by atomic mass is 9.69. The molecule has 0 aliphatic heterocycles. The molecule has 39 heavy (non-hydrogen) atoms. The first-order valence-electron chi connectivity index (χ1n) is 13.9. The number of aromatic nitrogens is 1. The number of carbonyl (C=O) groups excluding carboxylic acids is 1. The van der Waals surface area contributed by atoms with Crippen molar-refractivity contribution < 1.29 is 19.0 Å². The zero-order valence-corrected chi connectivity index (χ0v) is 23.0. The van der Waals surface area contributed by atoms with Crippen LogP contribution in [0.4, 0.5) is 0 Å². The average Bonchev–Trinajstić information content (AvgIpc) is 3.48. The Labute approximate surface area is 229 Å². The molecule has 0 radical (unpaired) electrons. The van der Waals surface area contributed by atoms with Crippen LogP contribution in [0.15, 0.2) is 48.7 Å². The van der Waals surface area contributed by atoms with Crippen LogP contribution in [-0.2, 0) is 22.6 Å². The van der Waals surface area contributed by atoms with E-state index in [4.69, 9.17) is 14.2 Å². The Morgan fingerprint density at radius 3 is 2.64 bits per heavy atom. The molecule has 6 heteroatoms. The van der Waals surface area contributed by atoms with Gasteiger partial charge in [0.1, 0.15) is 18.5 Å². The quantitative estimate of drug-likeness (QED) is 0.316. The van der Waals surface area contributed by atoms with Crippen molar-refractivity contribution in [1.82, 2.24) is 4.98 Å². The van der Waals surface area contributed by atoms with Crippen LogP contribution in [0.2, 0.25) is 0 Å². The number of carbonyl (C=O) groups is 1. The molecule has 3 aliphatic carbocycles. The van der Waals surface area contributed by atoms with Crippen LogP contribution < -0.4 is 9.47 Å². The summed E-state index contributed by atoms with van der Waals surface area (Å²) in [6, 6.07) is 17.0. The number of nitriles is 1. The number of rotatable bonds is 8. The molecule has 2 saturated carbocycles. The molecule has 3 atom stereocenters. The van der Waals surface area contributed by atoms with Crippen molar-refractivity contribution >= 4 is 5.97 Å². The van der Waals surface area contributed by atoms with Gasteiger partial charge in [-0.2, -0.15) is 5.26 Å². The van der Waals surface area contributed by atoms with Gasteiger partial charge in [0.25, 0.3) is 0 Å². The minimum Gasteiger partial charge on any atom is -0.490 e. The van der Waals surface area contributed by atoms with Gasteiger partial charge in [-0.05, 0) is 97.2 Å². The Morgan fingerprint density at radius 1 is 1.15 bits per heavy atom. The third kappa shape index (κ3) is 4.76. The van der Waals surface area contributed by atoms with Crippen LogP contribution in [0.25, 0.3) is 11.1 Å².